The minimum atomic E-state index is -0.445. The lowest BCUT2D eigenvalue weighted by Gasteiger charge is -2.35. The van der Waals surface area contributed by atoms with E-state index in [2.05, 4.69) is 46.6 Å². The van der Waals surface area contributed by atoms with Crippen LogP contribution in [0.1, 0.15) is 6.92 Å². The third-order valence-corrected chi connectivity index (χ3v) is 4.87. The van der Waals surface area contributed by atoms with E-state index in [1.807, 2.05) is 19.1 Å². The number of hydrogen-bond acceptors (Lipinski definition) is 5. The Labute approximate surface area is 171 Å². The SMILES string of the molecule is CCOc1ccc(-c2ccc(N3CCN(C(=O)OCC(=O)NC)CC3)cc2)cc1. The van der Waals surface area contributed by atoms with Gasteiger partial charge < -0.3 is 24.6 Å². The molecule has 0 saturated carbocycles. The second-order valence-electron chi connectivity index (χ2n) is 6.71. The minimum Gasteiger partial charge on any atom is -0.494 e. The van der Waals surface area contributed by atoms with E-state index in [0.717, 1.165) is 35.7 Å². The summed E-state index contributed by atoms with van der Waals surface area (Å²) in [6, 6.07) is 16.5. The average Bonchev–Trinajstić information content (AvgIpc) is 2.78. The zero-order valence-corrected chi connectivity index (χ0v) is 16.9. The van der Waals surface area contributed by atoms with Crippen LogP contribution in [0, 0.1) is 0 Å². The molecule has 7 nitrogen and oxygen atoms in total. The highest BCUT2D eigenvalue weighted by Crippen LogP contribution is 2.25. The Hall–Kier alpha value is -3.22. The van der Waals surface area contributed by atoms with Gasteiger partial charge in [-0.3, -0.25) is 4.79 Å². The van der Waals surface area contributed by atoms with Gasteiger partial charge in [0.2, 0.25) is 0 Å². The Morgan fingerprint density at radius 1 is 0.931 bits per heavy atom. The van der Waals surface area contributed by atoms with Gasteiger partial charge in [-0.05, 0) is 42.3 Å². The minimum absolute atomic E-state index is 0.247. The van der Waals surface area contributed by atoms with Crippen LogP contribution in [0.25, 0.3) is 11.1 Å². The van der Waals surface area contributed by atoms with E-state index >= 15 is 0 Å². The summed E-state index contributed by atoms with van der Waals surface area (Å²) in [5.41, 5.74) is 3.41. The van der Waals surface area contributed by atoms with E-state index in [0.29, 0.717) is 19.7 Å². The van der Waals surface area contributed by atoms with Gasteiger partial charge in [0.05, 0.1) is 6.61 Å². The molecule has 0 radical (unpaired) electrons. The Morgan fingerprint density at radius 2 is 1.52 bits per heavy atom. The van der Waals surface area contributed by atoms with Crippen molar-refractivity contribution < 1.29 is 19.1 Å². The standard InChI is InChI=1S/C22H27N3O4/c1-3-28-20-10-6-18(7-11-20)17-4-8-19(9-5-17)24-12-14-25(15-13-24)22(27)29-16-21(26)23-2/h4-11H,3,12-16H2,1-2H3,(H,23,26). The van der Waals surface area contributed by atoms with Crippen LogP contribution in [0.4, 0.5) is 10.5 Å². The fraction of sp³-hybridized carbons (Fsp3) is 0.364. The number of ether oxygens (including phenoxy) is 2. The van der Waals surface area contributed by atoms with Crippen LogP contribution < -0.4 is 15.0 Å². The first-order valence-corrected chi connectivity index (χ1v) is 9.81. The summed E-state index contributed by atoms with van der Waals surface area (Å²) < 4.78 is 10.5. The van der Waals surface area contributed by atoms with Crippen molar-refractivity contribution in [3.8, 4) is 16.9 Å². The van der Waals surface area contributed by atoms with Crippen LogP contribution >= 0.6 is 0 Å². The number of nitrogens with one attached hydrogen (secondary N) is 1. The summed E-state index contributed by atoms with van der Waals surface area (Å²) in [4.78, 5) is 27.1. The highest BCUT2D eigenvalue weighted by atomic mass is 16.6. The number of piperazine rings is 1. The van der Waals surface area contributed by atoms with E-state index in [9.17, 15) is 9.59 Å². The van der Waals surface area contributed by atoms with Gasteiger partial charge in [0, 0.05) is 38.9 Å². The van der Waals surface area contributed by atoms with Gasteiger partial charge in [-0.25, -0.2) is 4.79 Å². The Balaban J connectivity index is 1.53. The van der Waals surface area contributed by atoms with E-state index in [4.69, 9.17) is 9.47 Å². The molecule has 1 heterocycles. The summed E-state index contributed by atoms with van der Waals surface area (Å²) in [6.07, 6.45) is -0.445. The van der Waals surface area contributed by atoms with Crippen molar-refractivity contribution in [1.82, 2.24) is 10.2 Å². The number of benzene rings is 2. The summed E-state index contributed by atoms with van der Waals surface area (Å²) in [6.45, 7) is 4.95. The van der Waals surface area contributed by atoms with Crippen molar-refractivity contribution in [2.45, 2.75) is 6.92 Å². The van der Waals surface area contributed by atoms with Crippen molar-refractivity contribution in [3.05, 3.63) is 48.5 Å². The van der Waals surface area contributed by atoms with Gasteiger partial charge >= 0.3 is 6.09 Å². The first kappa shape index (κ1) is 20.5. The Kier molecular flexibility index (Phi) is 6.94. The van der Waals surface area contributed by atoms with E-state index in [1.54, 1.807) is 4.90 Å². The third kappa shape index (κ3) is 5.40. The number of carbonyl (C=O) groups excluding carboxylic acids is 2. The number of rotatable bonds is 6. The van der Waals surface area contributed by atoms with Gasteiger partial charge in [0.25, 0.3) is 5.91 Å². The normalized spacial score (nSPS) is 13.7. The van der Waals surface area contributed by atoms with Crippen molar-refractivity contribution in [2.75, 3.05) is 51.3 Å². The quantitative estimate of drug-likeness (QED) is 0.812. The Bertz CT molecular complexity index is 813. The fourth-order valence-electron chi connectivity index (χ4n) is 3.21. The number of amides is 2. The zero-order valence-electron chi connectivity index (χ0n) is 16.9. The van der Waals surface area contributed by atoms with Crippen molar-refractivity contribution in [3.63, 3.8) is 0 Å². The van der Waals surface area contributed by atoms with Crippen LogP contribution in [-0.4, -0.2) is 63.3 Å². The molecule has 0 bridgehead atoms. The lowest BCUT2D eigenvalue weighted by atomic mass is 10.0. The molecule has 0 atom stereocenters. The second kappa shape index (κ2) is 9.82. The van der Waals surface area contributed by atoms with Crippen LogP contribution in [-0.2, 0) is 9.53 Å². The highest BCUT2D eigenvalue weighted by Gasteiger charge is 2.22. The first-order valence-electron chi connectivity index (χ1n) is 9.81. The molecule has 1 saturated heterocycles. The smallest absolute Gasteiger partial charge is 0.410 e. The number of likely N-dealkylation sites (N-methyl/N-ethyl adjacent to an activating group) is 1. The maximum Gasteiger partial charge on any atom is 0.410 e. The average molecular weight is 397 g/mol. The Morgan fingerprint density at radius 3 is 2.07 bits per heavy atom. The summed E-state index contributed by atoms with van der Waals surface area (Å²) in [5, 5.41) is 2.43. The zero-order chi connectivity index (χ0) is 20.6. The fourth-order valence-corrected chi connectivity index (χ4v) is 3.21. The van der Waals surface area contributed by atoms with Crippen LogP contribution in [0.3, 0.4) is 0 Å². The predicted octanol–water partition coefficient (Wildman–Crippen LogP) is 2.76. The molecule has 0 aromatic heterocycles. The lowest BCUT2D eigenvalue weighted by Crippen LogP contribution is -2.49. The molecule has 0 aliphatic carbocycles. The summed E-state index contributed by atoms with van der Waals surface area (Å²) in [5.74, 6) is 0.559. The van der Waals surface area contributed by atoms with Crippen LogP contribution in [0.5, 0.6) is 5.75 Å². The van der Waals surface area contributed by atoms with Gasteiger partial charge in [-0.1, -0.05) is 24.3 Å². The van der Waals surface area contributed by atoms with E-state index in [-0.39, 0.29) is 12.5 Å². The summed E-state index contributed by atoms with van der Waals surface area (Å²) in [7, 11) is 1.51. The molecule has 7 heteroatoms. The molecular weight excluding hydrogens is 370 g/mol. The van der Waals surface area contributed by atoms with Gasteiger partial charge in [0.1, 0.15) is 5.75 Å². The number of nitrogens with zero attached hydrogens (tertiary/aromatic N) is 2. The van der Waals surface area contributed by atoms with Gasteiger partial charge in [-0.2, -0.15) is 0 Å². The maximum absolute atomic E-state index is 12.0. The van der Waals surface area contributed by atoms with Crippen LogP contribution in [0.2, 0.25) is 0 Å². The molecule has 154 valence electrons. The molecule has 2 amide bonds. The molecule has 3 rings (SSSR count). The maximum atomic E-state index is 12.0. The largest absolute Gasteiger partial charge is 0.494 e. The molecule has 1 aliphatic rings. The number of anilines is 1. The second-order valence-corrected chi connectivity index (χ2v) is 6.71. The van der Waals surface area contributed by atoms with E-state index in [1.165, 1.54) is 7.05 Å². The monoisotopic (exact) mass is 397 g/mol. The molecule has 1 fully saturated rings. The lowest BCUT2D eigenvalue weighted by molar-refractivity contribution is -0.123. The molecule has 2 aromatic carbocycles. The third-order valence-electron chi connectivity index (χ3n) is 4.87. The summed E-state index contributed by atoms with van der Waals surface area (Å²) >= 11 is 0. The van der Waals surface area contributed by atoms with Gasteiger partial charge in [-0.15, -0.1) is 0 Å². The van der Waals surface area contributed by atoms with E-state index < -0.39 is 6.09 Å². The predicted molar refractivity (Wildman–Crippen MR) is 112 cm³/mol. The van der Waals surface area contributed by atoms with Crippen molar-refractivity contribution >= 4 is 17.7 Å². The van der Waals surface area contributed by atoms with Crippen molar-refractivity contribution in [1.29, 1.82) is 0 Å². The first-order chi connectivity index (χ1) is 14.1. The van der Waals surface area contributed by atoms with Crippen molar-refractivity contribution in [2.24, 2.45) is 0 Å². The molecule has 29 heavy (non-hydrogen) atoms. The molecule has 0 spiro atoms. The molecular formula is C22H27N3O4. The number of hydrogen-bond donors (Lipinski definition) is 1. The molecule has 2 aromatic rings. The molecule has 1 aliphatic heterocycles. The van der Waals surface area contributed by atoms with Gasteiger partial charge in [0.15, 0.2) is 6.61 Å². The highest BCUT2D eigenvalue weighted by molar-refractivity contribution is 5.79. The number of carbonyl (C=O) groups is 2. The van der Waals surface area contributed by atoms with Crippen LogP contribution in [0.15, 0.2) is 48.5 Å². The topological polar surface area (TPSA) is 71.1 Å². The molecule has 0 unspecified atom stereocenters. The molecule has 1 N–H and O–H groups in total.